The molecule has 0 aliphatic rings. The summed E-state index contributed by atoms with van der Waals surface area (Å²) in [6.45, 7) is 1.04. The second-order valence-corrected chi connectivity index (χ2v) is 7.16. The number of carbonyl (C=O) groups is 2. The van der Waals surface area contributed by atoms with E-state index in [0.717, 1.165) is 6.92 Å². The number of primary amides is 1. The van der Waals surface area contributed by atoms with Crippen LogP contribution in [0.3, 0.4) is 0 Å². The number of carbonyl (C=O) groups excluding carboxylic acids is 2. The van der Waals surface area contributed by atoms with Crippen molar-refractivity contribution in [2.24, 2.45) is 5.73 Å². The van der Waals surface area contributed by atoms with Crippen molar-refractivity contribution in [3.8, 4) is 29.2 Å². The SMILES string of the molecule is COc1cc(C#N)ccc1Oc1nnc(C(F)(F)F)c(C)c1C(=O)Nc1ccc(OC)c(C(N)=O)c1. The van der Waals surface area contributed by atoms with Gasteiger partial charge in [-0.25, -0.2) is 0 Å². The van der Waals surface area contributed by atoms with Crippen LogP contribution in [-0.2, 0) is 6.18 Å². The van der Waals surface area contributed by atoms with Gasteiger partial charge < -0.3 is 25.3 Å². The molecule has 186 valence electrons. The average Bonchev–Trinajstić information content (AvgIpc) is 2.83. The standard InChI is InChI=1S/C23H18F3N5O5/c1-11-18(21(33)29-13-5-7-15(34-2)14(9-13)20(28)32)22(31-30-19(11)23(24,25)26)36-16-6-4-12(10-27)8-17(16)35-3/h4-9H,1-3H3,(H2,28,32)(H,29,33). The van der Waals surface area contributed by atoms with Gasteiger partial charge in [0.05, 0.1) is 31.4 Å². The molecule has 3 N–H and O–H groups in total. The van der Waals surface area contributed by atoms with Crippen molar-refractivity contribution in [1.29, 1.82) is 5.26 Å². The summed E-state index contributed by atoms with van der Waals surface area (Å²) in [5, 5.41) is 18.1. The number of nitrogens with zero attached hydrogens (tertiary/aromatic N) is 3. The van der Waals surface area contributed by atoms with Gasteiger partial charge in [0.25, 0.3) is 17.7 Å². The van der Waals surface area contributed by atoms with Crippen LogP contribution < -0.4 is 25.3 Å². The Balaban J connectivity index is 2.10. The molecule has 0 unspecified atom stereocenters. The number of hydrogen-bond donors (Lipinski definition) is 2. The first-order chi connectivity index (χ1) is 17.0. The fraction of sp³-hybridized carbons (Fsp3) is 0.174. The van der Waals surface area contributed by atoms with E-state index in [9.17, 15) is 22.8 Å². The highest BCUT2D eigenvalue weighted by atomic mass is 19.4. The number of aromatic nitrogens is 2. The second-order valence-electron chi connectivity index (χ2n) is 7.16. The molecule has 2 amide bonds. The van der Waals surface area contributed by atoms with Crippen molar-refractivity contribution in [2.75, 3.05) is 19.5 Å². The number of amides is 2. The Morgan fingerprint density at radius 2 is 1.69 bits per heavy atom. The number of ether oxygens (including phenoxy) is 3. The molecule has 0 atom stereocenters. The molecule has 1 aromatic heterocycles. The summed E-state index contributed by atoms with van der Waals surface area (Å²) in [5.74, 6) is -2.25. The Morgan fingerprint density at radius 1 is 1.03 bits per heavy atom. The zero-order chi connectivity index (χ0) is 26.6. The molecule has 3 rings (SSSR count). The Morgan fingerprint density at radius 3 is 2.28 bits per heavy atom. The number of nitrogens with one attached hydrogen (secondary N) is 1. The van der Waals surface area contributed by atoms with Gasteiger partial charge in [-0.3, -0.25) is 9.59 Å². The molecule has 2 aromatic carbocycles. The van der Waals surface area contributed by atoms with Crippen molar-refractivity contribution >= 4 is 17.5 Å². The third-order valence-corrected chi connectivity index (χ3v) is 4.90. The van der Waals surface area contributed by atoms with Crippen molar-refractivity contribution in [3.05, 3.63) is 64.3 Å². The zero-order valence-corrected chi connectivity index (χ0v) is 19.1. The van der Waals surface area contributed by atoms with E-state index in [4.69, 9.17) is 25.2 Å². The molecule has 13 heteroatoms. The zero-order valence-electron chi connectivity index (χ0n) is 19.1. The van der Waals surface area contributed by atoms with E-state index in [0.29, 0.717) is 0 Å². The lowest BCUT2D eigenvalue weighted by molar-refractivity contribution is -0.142. The fourth-order valence-corrected chi connectivity index (χ4v) is 3.20. The Kier molecular flexibility index (Phi) is 7.28. The number of nitrogens with two attached hydrogens (primary N) is 1. The van der Waals surface area contributed by atoms with Crippen molar-refractivity contribution in [1.82, 2.24) is 10.2 Å². The van der Waals surface area contributed by atoms with Gasteiger partial charge in [-0.15, -0.1) is 10.2 Å². The molecular weight excluding hydrogens is 483 g/mol. The third-order valence-electron chi connectivity index (χ3n) is 4.90. The van der Waals surface area contributed by atoms with Crippen LogP contribution in [0.4, 0.5) is 18.9 Å². The number of nitriles is 1. The molecule has 0 radical (unpaired) electrons. The van der Waals surface area contributed by atoms with E-state index >= 15 is 0 Å². The van der Waals surface area contributed by atoms with Gasteiger partial charge in [-0.2, -0.15) is 18.4 Å². The molecule has 36 heavy (non-hydrogen) atoms. The Labute approximate surface area is 202 Å². The van der Waals surface area contributed by atoms with Gasteiger partial charge >= 0.3 is 6.18 Å². The van der Waals surface area contributed by atoms with E-state index in [-0.39, 0.29) is 34.1 Å². The number of methoxy groups -OCH3 is 2. The first kappa shape index (κ1) is 25.8. The minimum atomic E-state index is -4.91. The predicted octanol–water partition coefficient (Wildman–Crippen LogP) is 3.84. The van der Waals surface area contributed by atoms with Crippen molar-refractivity contribution < 1.29 is 37.0 Å². The molecule has 1 heterocycles. The van der Waals surface area contributed by atoms with Gasteiger partial charge in [-0.1, -0.05) is 0 Å². The summed E-state index contributed by atoms with van der Waals surface area (Å²) < 4.78 is 56.3. The van der Waals surface area contributed by atoms with Crippen molar-refractivity contribution in [2.45, 2.75) is 13.1 Å². The first-order valence-electron chi connectivity index (χ1n) is 9.99. The summed E-state index contributed by atoms with van der Waals surface area (Å²) in [4.78, 5) is 24.9. The van der Waals surface area contributed by atoms with Crippen LogP contribution in [0.15, 0.2) is 36.4 Å². The maximum atomic E-state index is 13.5. The molecule has 0 saturated carbocycles. The van der Waals surface area contributed by atoms with Crippen LogP contribution in [0.5, 0.6) is 23.1 Å². The smallest absolute Gasteiger partial charge is 0.435 e. The summed E-state index contributed by atoms with van der Waals surface area (Å²) in [6, 6.07) is 9.88. The van der Waals surface area contributed by atoms with Crippen LogP contribution in [0.1, 0.15) is 37.5 Å². The lowest BCUT2D eigenvalue weighted by atomic mass is 10.1. The number of alkyl halides is 3. The largest absolute Gasteiger partial charge is 0.496 e. The first-order valence-corrected chi connectivity index (χ1v) is 9.99. The van der Waals surface area contributed by atoms with E-state index in [1.54, 1.807) is 0 Å². The van der Waals surface area contributed by atoms with Crippen LogP contribution in [0.2, 0.25) is 0 Å². The molecular formula is C23H18F3N5O5. The third kappa shape index (κ3) is 5.27. The quantitative estimate of drug-likeness (QED) is 0.496. The van der Waals surface area contributed by atoms with E-state index in [2.05, 4.69) is 15.5 Å². The maximum Gasteiger partial charge on any atom is 0.435 e. The van der Waals surface area contributed by atoms with Gasteiger partial charge in [0.15, 0.2) is 17.2 Å². The monoisotopic (exact) mass is 501 g/mol. The number of hydrogen-bond acceptors (Lipinski definition) is 8. The number of halogens is 3. The number of anilines is 1. The van der Waals surface area contributed by atoms with Gasteiger partial charge in [0.2, 0.25) is 0 Å². The van der Waals surface area contributed by atoms with Gasteiger partial charge in [0, 0.05) is 11.8 Å². The van der Waals surface area contributed by atoms with Crippen molar-refractivity contribution in [3.63, 3.8) is 0 Å². The summed E-state index contributed by atoms with van der Waals surface area (Å²) >= 11 is 0. The Hall–Kier alpha value is -4.86. The molecule has 0 aliphatic carbocycles. The highest BCUT2D eigenvalue weighted by Gasteiger charge is 2.38. The van der Waals surface area contributed by atoms with E-state index < -0.39 is 40.7 Å². The lowest BCUT2D eigenvalue weighted by Crippen LogP contribution is -2.21. The fourth-order valence-electron chi connectivity index (χ4n) is 3.20. The number of benzene rings is 2. The molecule has 0 aliphatic heterocycles. The molecule has 0 spiro atoms. The second kappa shape index (κ2) is 10.2. The van der Waals surface area contributed by atoms with Crippen LogP contribution in [0, 0.1) is 18.3 Å². The van der Waals surface area contributed by atoms with Gasteiger partial charge in [0.1, 0.15) is 11.3 Å². The van der Waals surface area contributed by atoms with E-state index in [1.807, 2.05) is 6.07 Å². The predicted molar refractivity (Wildman–Crippen MR) is 119 cm³/mol. The molecule has 0 saturated heterocycles. The highest BCUT2D eigenvalue weighted by Crippen LogP contribution is 2.37. The van der Waals surface area contributed by atoms with Crippen LogP contribution >= 0.6 is 0 Å². The molecule has 0 fully saturated rings. The van der Waals surface area contributed by atoms with Gasteiger partial charge in [-0.05, 0) is 42.8 Å². The molecule has 10 nitrogen and oxygen atoms in total. The average molecular weight is 501 g/mol. The number of rotatable bonds is 7. The van der Waals surface area contributed by atoms with Crippen LogP contribution in [0.25, 0.3) is 0 Å². The summed E-state index contributed by atoms with van der Waals surface area (Å²) in [7, 11) is 2.60. The summed E-state index contributed by atoms with van der Waals surface area (Å²) in [6.07, 6.45) is -4.91. The lowest BCUT2D eigenvalue weighted by Gasteiger charge is -2.17. The highest BCUT2D eigenvalue weighted by molar-refractivity contribution is 6.08. The normalized spacial score (nSPS) is 10.8. The maximum absolute atomic E-state index is 13.5. The minimum Gasteiger partial charge on any atom is -0.496 e. The molecule has 0 bridgehead atoms. The topological polar surface area (TPSA) is 149 Å². The van der Waals surface area contributed by atoms with E-state index in [1.165, 1.54) is 50.6 Å². The van der Waals surface area contributed by atoms with Crippen LogP contribution in [-0.4, -0.2) is 36.2 Å². The molecule has 3 aromatic rings. The Bertz CT molecular complexity index is 1390. The minimum absolute atomic E-state index is 0.0283. The summed E-state index contributed by atoms with van der Waals surface area (Å²) in [5.41, 5.74) is 3.03.